The number of halogens is 1. The predicted molar refractivity (Wildman–Crippen MR) is 125 cm³/mol. The molecular weight excluding hydrogens is 521 g/mol. The van der Waals surface area contributed by atoms with Crippen molar-refractivity contribution in [3.8, 4) is 0 Å². The van der Waals surface area contributed by atoms with Crippen molar-refractivity contribution >= 4 is 36.0 Å². The first-order chi connectivity index (χ1) is 17.2. The molecule has 5 rings (SSSR count). The molecule has 4 heterocycles. The zero-order valence-electron chi connectivity index (χ0n) is 19.3. The summed E-state index contributed by atoms with van der Waals surface area (Å²) in [7, 11) is -4.84. The van der Waals surface area contributed by atoms with Gasteiger partial charge in [0.15, 0.2) is 11.9 Å². The lowest BCUT2D eigenvalue weighted by atomic mass is 10.1. The Hall–Kier alpha value is -1.45. The van der Waals surface area contributed by atoms with Crippen LogP contribution in [0.2, 0.25) is 5.28 Å². The highest BCUT2D eigenvalue weighted by atomic mass is 35.5. The molecule has 16 heteroatoms. The number of nitrogens with one attached hydrogen (secondary N) is 1. The van der Waals surface area contributed by atoms with E-state index in [4.69, 9.17) is 30.5 Å². The van der Waals surface area contributed by atoms with Crippen molar-refractivity contribution in [2.45, 2.75) is 61.6 Å². The van der Waals surface area contributed by atoms with Crippen molar-refractivity contribution in [2.75, 3.05) is 38.4 Å². The molecule has 0 aromatic carbocycles. The standard InChI is InChI=1S/C20H29ClN5O9P/c21-19-24-16(23-11-3-1-2-4-11)12-7-22-26(17(12)25-19)18-15(28)14(27)13(35-18)8-34-20(36(29,30)31)9-32-5-6-33-10-20/h7,11,13-15,18,27-28H,1-6,8-10H2,(H,23,24,25)(H2,29,30,31)/t13-,14-,15-,18-/m1/s1. The molecule has 0 radical (unpaired) electrons. The van der Waals surface area contributed by atoms with Gasteiger partial charge in [0.05, 0.1) is 44.6 Å². The largest absolute Gasteiger partial charge is 0.387 e. The Balaban J connectivity index is 1.35. The number of anilines is 1. The zero-order chi connectivity index (χ0) is 25.5. The summed E-state index contributed by atoms with van der Waals surface area (Å²) < 4.78 is 35.5. The first kappa shape index (κ1) is 26.2. The topological polar surface area (TPSA) is 191 Å². The van der Waals surface area contributed by atoms with Crippen LogP contribution in [0.3, 0.4) is 0 Å². The Bertz CT molecular complexity index is 1120. The van der Waals surface area contributed by atoms with Gasteiger partial charge in [0.2, 0.25) is 10.6 Å². The average Bonchev–Trinajstić information content (AvgIpc) is 3.49. The number of rotatable bonds is 7. The monoisotopic (exact) mass is 549 g/mol. The second-order valence-corrected chi connectivity index (χ2v) is 11.5. The number of aromatic nitrogens is 4. The van der Waals surface area contributed by atoms with E-state index in [2.05, 4.69) is 20.4 Å². The number of hydrogen-bond donors (Lipinski definition) is 5. The normalized spacial score (nSPS) is 29.6. The van der Waals surface area contributed by atoms with Crippen LogP contribution >= 0.6 is 19.2 Å². The molecule has 2 aromatic rings. The van der Waals surface area contributed by atoms with E-state index in [0.29, 0.717) is 16.9 Å². The summed E-state index contributed by atoms with van der Waals surface area (Å²) in [4.78, 5) is 28.4. The average molecular weight is 550 g/mol. The van der Waals surface area contributed by atoms with Gasteiger partial charge in [-0.05, 0) is 24.4 Å². The van der Waals surface area contributed by atoms with Crippen LogP contribution in [0.1, 0.15) is 31.9 Å². The summed E-state index contributed by atoms with van der Waals surface area (Å²) in [5, 5.41) is 27.6. The van der Waals surface area contributed by atoms with Gasteiger partial charge in [-0.2, -0.15) is 15.1 Å². The van der Waals surface area contributed by atoms with E-state index in [-0.39, 0.29) is 24.5 Å². The smallest absolute Gasteiger partial charge is 0.361 e. The lowest BCUT2D eigenvalue weighted by molar-refractivity contribution is -0.121. The molecular formula is C20H29ClN5O9P. The third-order valence-electron chi connectivity index (χ3n) is 6.78. The maximum absolute atomic E-state index is 12.2. The highest BCUT2D eigenvalue weighted by Gasteiger charge is 2.52. The third kappa shape index (κ3) is 4.99. The molecule has 36 heavy (non-hydrogen) atoms. The van der Waals surface area contributed by atoms with Gasteiger partial charge in [-0.1, -0.05) is 12.8 Å². The quantitative estimate of drug-likeness (QED) is 0.236. The van der Waals surface area contributed by atoms with E-state index in [1.165, 1.54) is 10.9 Å². The minimum absolute atomic E-state index is 0.0189. The molecule has 3 aliphatic rings. The van der Waals surface area contributed by atoms with Crippen molar-refractivity contribution in [3.05, 3.63) is 11.5 Å². The highest BCUT2D eigenvalue weighted by Crippen LogP contribution is 2.52. The Morgan fingerprint density at radius 3 is 2.53 bits per heavy atom. The fraction of sp³-hybridized carbons (Fsp3) is 0.750. The minimum atomic E-state index is -4.84. The van der Waals surface area contributed by atoms with Crippen LogP contribution in [-0.4, -0.2) is 102 Å². The molecule has 200 valence electrons. The van der Waals surface area contributed by atoms with Gasteiger partial charge in [0.25, 0.3) is 0 Å². The first-order valence-electron chi connectivity index (χ1n) is 11.7. The maximum atomic E-state index is 12.2. The lowest BCUT2D eigenvalue weighted by Crippen LogP contribution is -2.44. The molecule has 0 bridgehead atoms. The second-order valence-electron chi connectivity index (χ2n) is 9.25. The molecule has 5 N–H and O–H groups in total. The van der Waals surface area contributed by atoms with Crippen LogP contribution in [0.25, 0.3) is 11.0 Å². The van der Waals surface area contributed by atoms with Gasteiger partial charge < -0.3 is 44.3 Å². The maximum Gasteiger partial charge on any atom is 0.361 e. The van der Waals surface area contributed by atoms with Crippen LogP contribution in [0.15, 0.2) is 6.20 Å². The highest BCUT2D eigenvalue weighted by molar-refractivity contribution is 7.53. The molecule has 2 aromatic heterocycles. The molecule has 2 saturated heterocycles. The predicted octanol–water partition coefficient (Wildman–Crippen LogP) is 0.391. The molecule has 3 fully saturated rings. The minimum Gasteiger partial charge on any atom is -0.387 e. The molecule has 0 amide bonds. The van der Waals surface area contributed by atoms with E-state index < -0.39 is 57.3 Å². The van der Waals surface area contributed by atoms with Gasteiger partial charge >= 0.3 is 7.60 Å². The van der Waals surface area contributed by atoms with Gasteiger partial charge in [-0.25, -0.2) is 4.68 Å². The summed E-state index contributed by atoms with van der Waals surface area (Å²) in [6.07, 6.45) is 0.641. The summed E-state index contributed by atoms with van der Waals surface area (Å²) in [5.41, 5.74) is 0.297. The summed E-state index contributed by atoms with van der Waals surface area (Å²) in [6.45, 7) is -0.939. The van der Waals surface area contributed by atoms with Crippen molar-refractivity contribution in [1.82, 2.24) is 19.7 Å². The zero-order valence-corrected chi connectivity index (χ0v) is 20.9. The van der Waals surface area contributed by atoms with Crippen molar-refractivity contribution in [2.24, 2.45) is 0 Å². The molecule has 0 spiro atoms. The SMILES string of the molecule is O=P(O)(O)C1(OC[C@H]2O[C@@H](n3ncc4c(NC5CCCC5)nc(Cl)nc43)[C@H](O)[C@@H]2O)COCCOC1. The molecule has 0 unspecified atom stereocenters. The Morgan fingerprint density at radius 1 is 1.17 bits per heavy atom. The fourth-order valence-corrected chi connectivity index (χ4v) is 5.65. The van der Waals surface area contributed by atoms with Crippen LogP contribution in [0.5, 0.6) is 0 Å². The van der Waals surface area contributed by atoms with Gasteiger partial charge in [-0.15, -0.1) is 0 Å². The van der Waals surface area contributed by atoms with Crippen LogP contribution in [0, 0.1) is 0 Å². The Morgan fingerprint density at radius 2 is 1.86 bits per heavy atom. The molecule has 14 nitrogen and oxygen atoms in total. The van der Waals surface area contributed by atoms with Gasteiger partial charge in [0.1, 0.15) is 24.1 Å². The molecule has 1 saturated carbocycles. The van der Waals surface area contributed by atoms with E-state index in [0.717, 1.165) is 25.7 Å². The van der Waals surface area contributed by atoms with E-state index in [1.54, 1.807) is 0 Å². The first-order valence-corrected chi connectivity index (χ1v) is 13.7. The summed E-state index contributed by atoms with van der Waals surface area (Å²) in [5.74, 6) is 0.521. The number of hydrogen-bond acceptors (Lipinski definition) is 11. The van der Waals surface area contributed by atoms with E-state index >= 15 is 0 Å². The van der Waals surface area contributed by atoms with Crippen LogP contribution in [0.4, 0.5) is 5.82 Å². The van der Waals surface area contributed by atoms with E-state index in [1.807, 2.05) is 0 Å². The Kier molecular flexibility index (Phi) is 7.54. The lowest BCUT2D eigenvalue weighted by Gasteiger charge is -2.33. The third-order valence-corrected chi connectivity index (χ3v) is 8.39. The number of nitrogens with zero attached hydrogens (tertiary/aromatic N) is 4. The molecule has 2 aliphatic heterocycles. The fourth-order valence-electron chi connectivity index (χ4n) is 4.72. The number of fused-ring (bicyclic) bond motifs is 1. The van der Waals surface area contributed by atoms with Crippen molar-refractivity contribution in [1.29, 1.82) is 0 Å². The summed E-state index contributed by atoms with van der Waals surface area (Å²) in [6, 6.07) is 0.262. The van der Waals surface area contributed by atoms with Gasteiger partial charge in [0, 0.05) is 6.04 Å². The number of aliphatic hydroxyl groups excluding tert-OH is 2. The molecule has 1 aliphatic carbocycles. The van der Waals surface area contributed by atoms with E-state index in [9.17, 15) is 24.6 Å². The number of ether oxygens (including phenoxy) is 4. The summed E-state index contributed by atoms with van der Waals surface area (Å²) >= 11 is 6.17. The van der Waals surface area contributed by atoms with Crippen molar-refractivity contribution < 1.29 is 43.5 Å². The van der Waals surface area contributed by atoms with Gasteiger partial charge in [-0.3, -0.25) is 4.57 Å². The molecule has 4 atom stereocenters. The van der Waals surface area contributed by atoms with Crippen molar-refractivity contribution in [3.63, 3.8) is 0 Å². The second kappa shape index (κ2) is 10.4. The number of aliphatic hydroxyl groups is 2. The van der Waals surface area contributed by atoms with Crippen LogP contribution < -0.4 is 5.32 Å². The van der Waals surface area contributed by atoms with Crippen LogP contribution in [-0.2, 0) is 23.5 Å². The Labute approximate surface area is 211 Å².